The molecule has 7 nitrogen and oxygen atoms in total. The van der Waals surface area contributed by atoms with E-state index in [0.29, 0.717) is 5.69 Å². The molecule has 0 aromatic heterocycles. The number of nitrogens with one attached hydrogen (secondary N) is 1. The van der Waals surface area contributed by atoms with Gasteiger partial charge in [-0.1, -0.05) is 0 Å². The van der Waals surface area contributed by atoms with Crippen molar-refractivity contribution in [3.8, 4) is 0 Å². The molecule has 0 aliphatic carbocycles. The Morgan fingerprint density at radius 3 is 2.27 bits per heavy atom. The maximum absolute atomic E-state index is 11.9. The highest BCUT2D eigenvalue weighted by Crippen LogP contribution is 2.17. The Morgan fingerprint density at radius 2 is 1.82 bits per heavy atom. The van der Waals surface area contributed by atoms with Gasteiger partial charge in [0.15, 0.2) is 0 Å². The zero-order valence-electron chi connectivity index (χ0n) is 12.4. The maximum Gasteiger partial charge on any atom is 0.242 e. The highest BCUT2D eigenvalue weighted by Gasteiger charge is 2.16. The molecule has 0 saturated carbocycles. The highest BCUT2D eigenvalue weighted by molar-refractivity contribution is 8.01. The van der Waals surface area contributed by atoms with Gasteiger partial charge < -0.3 is 15.2 Å². The predicted octanol–water partition coefficient (Wildman–Crippen LogP) is -0.253. The van der Waals surface area contributed by atoms with Crippen LogP contribution in [-0.4, -0.2) is 49.7 Å². The van der Waals surface area contributed by atoms with Gasteiger partial charge in [0.05, 0.1) is 16.6 Å². The van der Waals surface area contributed by atoms with Crippen molar-refractivity contribution in [1.29, 1.82) is 0 Å². The molecule has 0 aliphatic rings. The minimum atomic E-state index is -3.51. The molecular formula is C13H17N2O5S2-. The molecule has 1 rings (SSSR count). The number of aliphatic carboxylic acids is 1. The van der Waals surface area contributed by atoms with Gasteiger partial charge in [-0.3, -0.25) is 4.79 Å². The van der Waals surface area contributed by atoms with E-state index < -0.39 is 21.2 Å². The summed E-state index contributed by atoms with van der Waals surface area (Å²) < 4.78 is 24.9. The third-order valence-electron chi connectivity index (χ3n) is 2.71. The molecule has 1 aromatic carbocycles. The fraction of sp³-hybridized carbons (Fsp3) is 0.385. The van der Waals surface area contributed by atoms with Crippen LogP contribution in [0.1, 0.15) is 6.92 Å². The van der Waals surface area contributed by atoms with E-state index in [9.17, 15) is 23.1 Å². The Kier molecular flexibility index (Phi) is 6.39. The lowest BCUT2D eigenvalue weighted by Crippen LogP contribution is -2.32. The zero-order valence-corrected chi connectivity index (χ0v) is 14.0. The lowest BCUT2D eigenvalue weighted by molar-refractivity contribution is -0.304. The minimum Gasteiger partial charge on any atom is -0.549 e. The van der Waals surface area contributed by atoms with Gasteiger partial charge in [-0.2, -0.15) is 0 Å². The smallest absolute Gasteiger partial charge is 0.242 e. The summed E-state index contributed by atoms with van der Waals surface area (Å²) in [5.41, 5.74) is 0.435. The van der Waals surface area contributed by atoms with Crippen LogP contribution in [0, 0.1) is 0 Å². The monoisotopic (exact) mass is 345 g/mol. The Bertz CT molecular complexity index is 641. The molecule has 9 heteroatoms. The summed E-state index contributed by atoms with van der Waals surface area (Å²) in [4.78, 5) is 22.3. The Labute approximate surface area is 133 Å². The van der Waals surface area contributed by atoms with E-state index in [0.717, 1.165) is 16.1 Å². The van der Waals surface area contributed by atoms with Crippen LogP contribution in [0.25, 0.3) is 0 Å². The fourth-order valence-electron chi connectivity index (χ4n) is 1.39. The van der Waals surface area contributed by atoms with Crippen LogP contribution in [0.4, 0.5) is 5.69 Å². The molecule has 22 heavy (non-hydrogen) atoms. The van der Waals surface area contributed by atoms with Gasteiger partial charge in [-0.15, -0.1) is 11.8 Å². The summed E-state index contributed by atoms with van der Waals surface area (Å²) >= 11 is 0.947. The second-order valence-electron chi connectivity index (χ2n) is 4.63. The van der Waals surface area contributed by atoms with Gasteiger partial charge >= 0.3 is 0 Å². The van der Waals surface area contributed by atoms with Gasteiger partial charge in [-0.05, 0) is 31.2 Å². The topological polar surface area (TPSA) is 107 Å². The number of anilines is 1. The Morgan fingerprint density at radius 1 is 1.27 bits per heavy atom. The second kappa shape index (κ2) is 7.61. The number of carboxylic acid groups (broad SMARTS) is 1. The quantitative estimate of drug-likeness (QED) is 0.730. The summed E-state index contributed by atoms with van der Waals surface area (Å²) in [5, 5.41) is 12.3. The molecule has 0 heterocycles. The molecule has 122 valence electrons. The normalized spacial score (nSPS) is 12.9. The van der Waals surface area contributed by atoms with Crippen LogP contribution in [0.15, 0.2) is 29.2 Å². The molecular weight excluding hydrogens is 328 g/mol. The van der Waals surface area contributed by atoms with Crippen LogP contribution in [0.3, 0.4) is 0 Å². The van der Waals surface area contributed by atoms with Crippen LogP contribution < -0.4 is 10.4 Å². The summed E-state index contributed by atoms with van der Waals surface area (Å²) in [5.74, 6) is -1.63. The summed E-state index contributed by atoms with van der Waals surface area (Å²) in [6, 6.07) is 5.73. The number of hydrogen-bond donors (Lipinski definition) is 1. The van der Waals surface area contributed by atoms with Crippen molar-refractivity contribution in [3.63, 3.8) is 0 Å². The van der Waals surface area contributed by atoms with E-state index in [1.54, 1.807) is 0 Å². The average molecular weight is 345 g/mol. The summed E-state index contributed by atoms with van der Waals surface area (Å²) in [7, 11) is -0.646. The third kappa shape index (κ3) is 5.00. The Hall–Kier alpha value is -1.58. The molecule has 0 aliphatic heterocycles. The molecule has 0 bridgehead atoms. The first-order chi connectivity index (χ1) is 10.1. The number of rotatable bonds is 7. The van der Waals surface area contributed by atoms with E-state index in [4.69, 9.17) is 0 Å². The predicted molar refractivity (Wildman–Crippen MR) is 82.9 cm³/mol. The molecule has 1 amide bonds. The number of thioether (sulfide) groups is 1. The molecule has 1 aromatic rings. The average Bonchev–Trinajstić information content (AvgIpc) is 2.45. The van der Waals surface area contributed by atoms with Crippen molar-refractivity contribution in [2.24, 2.45) is 0 Å². The first kappa shape index (κ1) is 18.5. The van der Waals surface area contributed by atoms with Gasteiger partial charge in [0.25, 0.3) is 0 Å². The lowest BCUT2D eigenvalue weighted by atomic mass is 10.3. The van der Waals surface area contributed by atoms with Gasteiger partial charge in [0.2, 0.25) is 15.9 Å². The molecule has 0 unspecified atom stereocenters. The van der Waals surface area contributed by atoms with E-state index in [1.165, 1.54) is 45.3 Å². The first-order valence-electron chi connectivity index (χ1n) is 6.29. The van der Waals surface area contributed by atoms with E-state index in [2.05, 4.69) is 5.32 Å². The number of nitrogens with zero attached hydrogens (tertiary/aromatic N) is 1. The molecule has 0 radical (unpaired) electrons. The number of benzene rings is 1. The molecule has 0 spiro atoms. The van der Waals surface area contributed by atoms with Gasteiger partial charge in [0.1, 0.15) is 0 Å². The van der Waals surface area contributed by atoms with Crippen LogP contribution in [-0.2, 0) is 19.6 Å². The molecule has 1 N–H and O–H groups in total. The Balaban J connectivity index is 2.65. The van der Waals surface area contributed by atoms with Crippen LogP contribution in [0.5, 0.6) is 0 Å². The lowest BCUT2D eigenvalue weighted by Gasteiger charge is -2.13. The maximum atomic E-state index is 11.9. The van der Waals surface area contributed by atoms with Crippen LogP contribution in [0.2, 0.25) is 0 Å². The number of carbonyl (C=O) groups is 2. The van der Waals surface area contributed by atoms with Gasteiger partial charge in [0, 0.05) is 25.0 Å². The largest absolute Gasteiger partial charge is 0.549 e. The van der Waals surface area contributed by atoms with Crippen LogP contribution >= 0.6 is 11.8 Å². The minimum absolute atomic E-state index is 0.0348. The van der Waals surface area contributed by atoms with Crippen molar-refractivity contribution in [3.05, 3.63) is 24.3 Å². The second-order valence-corrected chi connectivity index (χ2v) is 8.11. The number of carboxylic acids is 1. The number of amides is 1. The number of carbonyl (C=O) groups excluding carboxylic acids is 2. The van der Waals surface area contributed by atoms with Crippen molar-refractivity contribution in [2.45, 2.75) is 17.1 Å². The molecule has 0 fully saturated rings. The van der Waals surface area contributed by atoms with E-state index >= 15 is 0 Å². The SMILES string of the molecule is C[C@@H](SCC(=O)Nc1ccc(S(=O)(=O)N(C)C)cc1)C(=O)[O-]. The van der Waals surface area contributed by atoms with E-state index in [-0.39, 0.29) is 16.6 Å². The van der Waals surface area contributed by atoms with Crippen molar-refractivity contribution < 1.29 is 23.1 Å². The third-order valence-corrected chi connectivity index (χ3v) is 5.66. The number of sulfonamides is 1. The molecule has 1 atom stereocenters. The fourth-order valence-corrected chi connectivity index (χ4v) is 2.90. The van der Waals surface area contributed by atoms with Crippen molar-refractivity contribution in [1.82, 2.24) is 4.31 Å². The zero-order chi connectivity index (χ0) is 16.9. The summed E-state index contributed by atoms with van der Waals surface area (Å²) in [6.45, 7) is 1.44. The van der Waals surface area contributed by atoms with Crippen molar-refractivity contribution in [2.75, 3.05) is 25.2 Å². The van der Waals surface area contributed by atoms with E-state index in [1.807, 2.05) is 0 Å². The van der Waals surface area contributed by atoms with Crippen molar-refractivity contribution >= 4 is 39.3 Å². The highest BCUT2D eigenvalue weighted by atomic mass is 32.2. The molecule has 0 saturated heterocycles. The standard InChI is InChI=1S/C13H18N2O5S2/c1-9(13(17)18)21-8-12(16)14-10-4-6-11(7-5-10)22(19,20)15(2)3/h4-7,9H,8H2,1-3H3,(H,14,16)(H,17,18)/p-1/t9-/m1/s1. The first-order valence-corrected chi connectivity index (χ1v) is 8.78. The summed E-state index contributed by atoms with van der Waals surface area (Å²) in [6.07, 6.45) is 0. The van der Waals surface area contributed by atoms with Gasteiger partial charge in [-0.25, -0.2) is 12.7 Å². The number of hydrogen-bond acceptors (Lipinski definition) is 6.